The summed E-state index contributed by atoms with van der Waals surface area (Å²) >= 11 is 3.31. The predicted octanol–water partition coefficient (Wildman–Crippen LogP) is 3.49. The molecule has 150 valence electrons. The number of sulfonamides is 1. The van der Waals surface area contributed by atoms with E-state index in [2.05, 4.69) is 21.2 Å². The Morgan fingerprint density at radius 1 is 1.21 bits per heavy atom. The largest absolute Gasteiger partial charge is 0.496 e. The van der Waals surface area contributed by atoms with Gasteiger partial charge >= 0.3 is 0 Å². The van der Waals surface area contributed by atoms with Gasteiger partial charge in [-0.2, -0.15) is 4.31 Å². The van der Waals surface area contributed by atoms with Crippen LogP contribution in [0.2, 0.25) is 0 Å². The molecule has 0 radical (unpaired) electrons. The number of carbonyl (C=O) groups excluding carboxylic acids is 1. The van der Waals surface area contributed by atoms with Crippen LogP contribution in [-0.2, 0) is 14.8 Å². The molecule has 6 nitrogen and oxygen atoms in total. The third-order valence-corrected chi connectivity index (χ3v) is 7.34. The van der Waals surface area contributed by atoms with Gasteiger partial charge in [-0.3, -0.25) is 4.79 Å². The number of para-hydroxylation sites is 1. The first-order valence-corrected chi connectivity index (χ1v) is 11.3. The fraction of sp³-hybridized carbons (Fsp3) is 0.350. The highest BCUT2D eigenvalue weighted by molar-refractivity contribution is 9.10. The molecule has 1 amide bonds. The van der Waals surface area contributed by atoms with Gasteiger partial charge in [-0.1, -0.05) is 34.1 Å². The number of halogens is 1. The molecule has 0 aromatic heterocycles. The highest BCUT2D eigenvalue weighted by Crippen LogP contribution is 2.29. The minimum absolute atomic E-state index is 0.188. The van der Waals surface area contributed by atoms with Crippen molar-refractivity contribution >= 4 is 31.9 Å². The molecule has 1 aliphatic rings. The Labute approximate surface area is 174 Å². The molecular weight excluding hydrogens is 444 g/mol. The van der Waals surface area contributed by atoms with E-state index < -0.39 is 16.1 Å². The third-order valence-electron chi connectivity index (χ3n) is 4.89. The van der Waals surface area contributed by atoms with Crippen LogP contribution in [0.3, 0.4) is 0 Å². The van der Waals surface area contributed by atoms with Crippen molar-refractivity contribution in [1.82, 2.24) is 9.62 Å². The molecule has 0 saturated carbocycles. The third kappa shape index (κ3) is 4.24. The molecule has 1 aliphatic heterocycles. The van der Waals surface area contributed by atoms with Gasteiger partial charge in [0, 0.05) is 16.6 Å². The van der Waals surface area contributed by atoms with E-state index in [9.17, 15) is 13.2 Å². The molecule has 2 atom stereocenters. The summed E-state index contributed by atoms with van der Waals surface area (Å²) in [5, 5.41) is 2.94. The molecule has 0 aliphatic carbocycles. The molecular formula is C20H23BrN2O4S. The fourth-order valence-electron chi connectivity index (χ4n) is 3.44. The zero-order chi connectivity index (χ0) is 20.3. The van der Waals surface area contributed by atoms with Gasteiger partial charge in [-0.05, 0) is 50.1 Å². The molecule has 1 N–H and O–H groups in total. The highest BCUT2D eigenvalue weighted by atomic mass is 79.9. The van der Waals surface area contributed by atoms with Crippen LogP contribution >= 0.6 is 15.9 Å². The molecule has 8 heteroatoms. The van der Waals surface area contributed by atoms with Gasteiger partial charge in [0.15, 0.2) is 0 Å². The lowest BCUT2D eigenvalue weighted by Gasteiger charge is -2.25. The monoisotopic (exact) mass is 466 g/mol. The van der Waals surface area contributed by atoms with Gasteiger partial charge in [0.05, 0.1) is 18.0 Å². The van der Waals surface area contributed by atoms with Crippen molar-refractivity contribution in [3.63, 3.8) is 0 Å². The molecule has 2 aromatic carbocycles. The van der Waals surface area contributed by atoms with Crippen LogP contribution in [-0.4, -0.2) is 38.3 Å². The zero-order valence-corrected chi connectivity index (χ0v) is 18.2. The lowest BCUT2D eigenvalue weighted by molar-refractivity contribution is -0.124. The van der Waals surface area contributed by atoms with Crippen LogP contribution < -0.4 is 10.1 Å². The average molecular weight is 467 g/mol. The smallest absolute Gasteiger partial charge is 0.243 e. The summed E-state index contributed by atoms with van der Waals surface area (Å²) < 4.78 is 33.5. The second kappa shape index (κ2) is 8.63. The van der Waals surface area contributed by atoms with E-state index in [1.165, 1.54) is 4.31 Å². The predicted molar refractivity (Wildman–Crippen MR) is 111 cm³/mol. The molecule has 0 spiro atoms. The van der Waals surface area contributed by atoms with Gasteiger partial charge in [-0.25, -0.2) is 8.42 Å². The molecule has 1 heterocycles. The molecule has 2 aromatic rings. The van der Waals surface area contributed by atoms with Crippen molar-refractivity contribution in [3.8, 4) is 5.75 Å². The molecule has 0 bridgehead atoms. The second-order valence-corrected chi connectivity index (χ2v) is 9.51. The maximum atomic E-state index is 13.0. The Morgan fingerprint density at radius 3 is 2.57 bits per heavy atom. The Morgan fingerprint density at radius 2 is 1.89 bits per heavy atom. The number of hydrogen-bond acceptors (Lipinski definition) is 4. The van der Waals surface area contributed by atoms with E-state index in [-0.39, 0.29) is 16.8 Å². The number of nitrogens with one attached hydrogen (secondary N) is 1. The SMILES string of the molecule is COc1ccccc1[C@@H](C)NC(=O)[C@@H]1CCCN1S(=O)(=O)c1ccc(Br)cc1. The van der Waals surface area contributed by atoms with Gasteiger partial charge in [-0.15, -0.1) is 0 Å². The van der Waals surface area contributed by atoms with Crippen LogP contribution in [0.5, 0.6) is 5.75 Å². The fourth-order valence-corrected chi connectivity index (χ4v) is 5.36. The Hall–Kier alpha value is -1.90. The maximum Gasteiger partial charge on any atom is 0.243 e. The Kier molecular flexibility index (Phi) is 6.42. The van der Waals surface area contributed by atoms with Crippen molar-refractivity contribution in [1.29, 1.82) is 0 Å². The van der Waals surface area contributed by atoms with Crippen LogP contribution in [0.4, 0.5) is 0 Å². The van der Waals surface area contributed by atoms with Crippen LogP contribution in [0.15, 0.2) is 57.9 Å². The zero-order valence-electron chi connectivity index (χ0n) is 15.8. The Balaban J connectivity index is 1.78. The summed E-state index contributed by atoms with van der Waals surface area (Å²) in [6.07, 6.45) is 1.15. The van der Waals surface area contributed by atoms with E-state index in [1.807, 2.05) is 31.2 Å². The quantitative estimate of drug-likeness (QED) is 0.706. The first-order valence-electron chi connectivity index (χ1n) is 9.05. The standard InChI is InChI=1S/C20H23BrN2O4S/c1-14(17-6-3-4-8-19(17)27-2)22-20(24)18-7-5-13-23(18)28(25,26)16-11-9-15(21)10-12-16/h3-4,6,8-12,14,18H,5,7,13H2,1-2H3,(H,22,24)/t14-,18+/m1/s1. The lowest BCUT2D eigenvalue weighted by Crippen LogP contribution is -2.46. The molecule has 3 rings (SSSR count). The normalized spacial score (nSPS) is 18.6. The summed E-state index contributed by atoms with van der Waals surface area (Å²) in [6.45, 7) is 2.19. The number of carbonyl (C=O) groups is 1. The number of rotatable bonds is 6. The number of hydrogen-bond donors (Lipinski definition) is 1. The van der Waals surface area contributed by atoms with Crippen LogP contribution in [0, 0.1) is 0 Å². The first-order chi connectivity index (χ1) is 13.3. The minimum Gasteiger partial charge on any atom is -0.496 e. The van der Waals surface area contributed by atoms with Gasteiger partial charge in [0.1, 0.15) is 11.8 Å². The van der Waals surface area contributed by atoms with E-state index in [1.54, 1.807) is 31.4 Å². The number of amides is 1. The molecule has 1 fully saturated rings. The number of benzene rings is 2. The minimum atomic E-state index is -3.74. The first kappa shape index (κ1) is 20.8. The van der Waals surface area contributed by atoms with Crippen LogP contribution in [0.25, 0.3) is 0 Å². The van der Waals surface area contributed by atoms with E-state index in [4.69, 9.17) is 4.74 Å². The van der Waals surface area contributed by atoms with Gasteiger partial charge in [0.25, 0.3) is 0 Å². The summed E-state index contributed by atoms with van der Waals surface area (Å²) in [5.41, 5.74) is 0.846. The summed E-state index contributed by atoms with van der Waals surface area (Å²) in [5.74, 6) is 0.387. The maximum absolute atomic E-state index is 13.0. The van der Waals surface area contributed by atoms with Gasteiger partial charge < -0.3 is 10.1 Å². The summed E-state index contributed by atoms with van der Waals surface area (Å²) in [7, 11) is -2.16. The summed E-state index contributed by atoms with van der Waals surface area (Å²) in [4.78, 5) is 13.1. The van der Waals surface area contributed by atoms with Crippen molar-refractivity contribution in [2.24, 2.45) is 0 Å². The molecule has 0 unspecified atom stereocenters. The molecule has 1 saturated heterocycles. The Bertz CT molecular complexity index is 947. The van der Waals surface area contributed by atoms with Crippen LogP contribution in [0.1, 0.15) is 31.4 Å². The molecule has 28 heavy (non-hydrogen) atoms. The number of nitrogens with zero attached hydrogens (tertiary/aromatic N) is 1. The lowest BCUT2D eigenvalue weighted by atomic mass is 10.1. The average Bonchev–Trinajstić information content (AvgIpc) is 3.19. The number of ether oxygens (including phenoxy) is 1. The van der Waals surface area contributed by atoms with Crippen molar-refractivity contribution < 1.29 is 17.9 Å². The van der Waals surface area contributed by atoms with E-state index in [0.717, 1.165) is 10.0 Å². The van der Waals surface area contributed by atoms with Crippen molar-refractivity contribution in [2.75, 3.05) is 13.7 Å². The van der Waals surface area contributed by atoms with Crippen molar-refractivity contribution in [3.05, 3.63) is 58.6 Å². The van der Waals surface area contributed by atoms with Gasteiger partial charge in [0.2, 0.25) is 15.9 Å². The highest BCUT2D eigenvalue weighted by Gasteiger charge is 2.39. The second-order valence-electron chi connectivity index (χ2n) is 6.70. The van der Waals surface area contributed by atoms with Crippen molar-refractivity contribution in [2.45, 2.75) is 36.7 Å². The number of methoxy groups -OCH3 is 1. The van der Waals surface area contributed by atoms with E-state index >= 15 is 0 Å². The summed E-state index contributed by atoms with van der Waals surface area (Å²) in [6, 6.07) is 12.9. The topological polar surface area (TPSA) is 75.7 Å². The van der Waals surface area contributed by atoms with E-state index in [0.29, 0.717) is 25.1 Å².